The van der Waals surface area contributed by atoms with Crippen LogP contribution >= 0.6 is 0 Å². The molecule has 1 aliphatic rings. The van der Waals surface area contributed by atoms with Gasteiger partial charge in [0.15, 0.2) is 0 Å². The Kier molecular flexibility index (Phi) is 7.25. The summed E-state index contributed by atoms with van der Waals surface area (Å²) >= 11 is 0. The van der Waals surface area contributed by atoms with Crippen LogP contribution in [0.25, 0.3) is 0 Å². The Morgan fingerprint density at radius 3 is 2.48 bits per heavy atom. The van der Waals surface area contributed by atoms with Crippen molar-refractivity contribution < 1.29 is 17.9 Å². The first-order valence-corrected chi connectivity index (χ1v) is 10.9. The zero-order chi connectivity index (χ0) is 20.1. The summed E-state index contributed by atoms with van der Waals surface area (Å²) in [4.78, 5) is 12.8. The van der Waals surface area contributed by atoms with Crippen molar-refractivity contribution in [3.63, 3.8) is 0 Å². The molecule has 1 aromatic rings. The number of nitrogens with one attached hydrogen (secondary N) is 1. The number of benzene rings is 1. The van der Waals surface area contributed by atoms with Gasteiger partial charge in [0.05, 0.1) is 17.2 Å². The van der Waals surface area contributed by atoms with Gasteiger partial charge in [-0.15, -0.1) is 0 Å². The van der Waals surface area contributed by atoms with Crippen LogP contribution < -0.4 is 15.8 Å². The third-order valence-electron chi connectivity index (χ3n) is 5.19. The van der Waals surface area contributed by atoms with Crippen LogP contribution in [0.1, 0.15) is 45.4 Å². The molecule has 0 bridgehead atoms. The number of rotatable bonds is 8. The van der Waals surface area contributed by atoms with Crippen LogP contribution in [-0.4, -0.2) is 45.9 Å². The van der Waals surface area contributed by atoms with Crippen LogP contribution in [0.5, 0.6) is 5.75 Å². The van der Waals surface area contributed by atoms with Gasteiger partial charge in [-0.05, 0) is 49.9 Å². The molecule has 1 aliphatic carbocycles. The third-order valence-corrected chi connectivity index (χ3v) is 7.00. The van der Waals surface area contributed by atoms with E-state index >= 15 is 0 Å². The number of carbonyl (C=O) groups excluding carboxylic acids is 1. The average Bonchev–Trinajstić information content (AvgIpc) is 2.63. The molecule has 8 heteroatoms. The standard InChI is InChI=1S/C19H31N3O4S/c1-4-26-17-9-8-15(27(24,25)22(2)3)12-16(17)21-18(23)13-19(14-20)10-6-5-7-11-19/h8-9,12H,4-7,10-11,13-14,20H2,1-3H3,(H,21,23). The van der Waals surface area contributed by atoms with E-state index in [-0.39, 0.29) is 16.2 Å². The summed E-state index contributed by atoms with van der Waals surface area (Å²) in [6, 6.07) is 4.52. The maximum atomic E-state index is 12.7. The molecule has 0 saturated heterocycles. The van der Waals surface area contributed by atoms with Crippen molar-refractivity contribution in [2.45, 2.75) is 50.3 Å². The minimum Gasteiger partial charge on any atom is -0.492 e. The van der Waals surface area contributed by atoms with Crippen LogP contribution in [0.15, 0.2) is 23.1 Å². The lowest BCUT2D eigenvalue weighted by atomic mass is 9.71. The van der Waals surface area contributed by atoms with Gasteiger partial charge in [0.1, 0.15) is 5.75 Å². The SMILES string of the molecule is CCOc1ccc(S(=O)(=O)N(C)C)cc1NC(=O)CC1(CN)CCCCC1. The van der Waals surface area contributed by atoms with E-state index in [0.717, 1.165) is 30.0 Å². The smallest absolute Gasteiger partial charge is 0.242 e. The van der Waals surface area contributed by atoms with Gasteiger partial charge in [-0.25, -0.2) is 12.7 Å². The quantitative estimate of drug-likeness (QED) is 0.702. The number of nitrogens with two attached hydrogens (primary N) is 1. The Bertz CT molecular complexity index is 756. The highest BCUT2D eigenvalue weighted by atomic mass is 32.2. The first kappa shape index (κ1) is 21.7. The second-order valence-electron chi connectivity index (χ2n) is 7.37. The maximum absolute atomic E-state index is 12.7. The highest BCUT2D eigenvalue weighted by molar-refractivity contribution is 7.89. The van der Waals surface area contributed by atoms with Gasteiger partial charge < -0.3 is 15.8 Å². The fraction of sp³-hybridized carbons (Fsp3) is 0.632. The first-order valence-electron chi connectivity index (χ1n) is 9.43. The highest BCUT2D eigenvalue weighted by Gasteiger charge is 2.33. The van der Waals surface area contributed by atoms with Crippen LogP contribution in [0.3, 0.4) is 0 Å². The molecule has 2 rings (SSSR count). The van der Waals surface area contributed by atoms with E-state index in [2.05, 4.69) is 5.32 Å². The molecule has 7 nitrogen and oxygen atoms in total. The van der Waals surface area contributed by atoms with Crippen molar-refractivity contribution in [3.05, 3.63) is 18.2 Å². The number of anilines is 1. The summed E-state index contributed by atoms with van der Waals surface area (Å²) in [5.41, 5.74) is 6.19. The molecule has 1 amide bonds. The molecule has 27 heavy (non-hydrogen) atoms. The molecular formula is C19H31N3O4S. The zero-order valence-electron chi connectivity index (χ0n) is 16.5. The first-order chi connectivity index (χ1) is 12.7. The Labute approximate surface area is 162 Å². The minimum atomic E-state index is -3.60. The summed E-state index contributed by atoms with van der Waals surface area (Å²) in [7, 11) is -0.664. The van der Waals surface area contributed by atoms with Crippen LogP contribution in [0.2, 0.25) is 0 Å². The molecule has 0 spiro atoms. The molecule has 0 aromatic heterocycles. The summed E-state index contributed by atoms with van der Waals surface area (Å²) in [6.07, 6.45) is 5.59. The summed E-state index contributed by atoms with van der Waals surface area (Å²) in [6.45, 7) is 2.73. The number of ether oxygens (including phenoxy) is 1. The van der Waals surface area contributed by atoms with Gasteiger partial charge in [0, 0.05) is 20.5 Å². The van der Waals surface area contributed by atoms with E-state index in [1.807, 2.05) is 6.92 Å². The van der Waals surface area contributed by atoms with Crippen LogP contribution in [-0.2, 0) is 14.8 Å². The van der Waals surface area contributed by atoms with Crippen molar-refractivity contribution in [2.24, 2.45) is 11.1 Å². The van der Waals surface area contributed by atoms with Crippen molar-refractivity contribution in [1.29, 1.82) is 0 Å². The van der Waals surface area contributed by atoms with Crippen molar-refractivity contribution in [3.8, 4) is 5.75 Å². The van der Waals surface area contributed by atoms with E-state index in [0.29, 0.717) is 31.0 Å². The molecule has 0 atom stereocenters. The summed E-state index contributed by atoms with van der Waals surface area (Å²) in [5.74, 6) is 0.289. The highest BCUT2D eigenvalue weighted by Crippen LogP contribution is 2.39. The van der Waals surface area contributed by atoms with E-state index in [4.69, 9.17) is 10.5 Å². The Balaban J connectivity index is 2.25. The number of nitrogens with zero attached hydrogens (tertiary/aromatic N) is 1. The average molecular weight is 398 g/mol. The van der Waals surface area contributed by atoms with Gasteiger partial charge >= 0.3 is 0 Å². The lowest BCUT2D eigenvalue weighted by Crippen LogP contribution is -2.36. The molecule has 1 saturated carbocycles. The number of hydrogen-bond acceptors (Lipinski definition) is 5. The van der Waals surface area contributed by atoms with E-state index in [9.17, 15) is 13.2 Å². The maximum Gasteiger partial charge on any atom is 0.242 e. The van der Waals surface area contributed by atoms with E-state index in [1.165, 1.54) is 32.6 Å². The largest absolute Gasteiger partial charge is 0.492 e. The van der Waals surface area contributed by atoms with Gasteiger partial charge in [-0.1, -0.05) is 19.3 Å². The number of carbonyl (C=O) groups is 1. The Hall–Kier alpha value is -1.64. The second-order valence-corrected chi connectivity index (χ2v) is 9.52. The topological polar surface area (TPSA) is 102 Å². The zero-order valence-corrected chi connectivity index (χ0v) is 17.3. The number of hydrogen-bond donors (Lipinski definition) is 2. The molecule has 1 fully saturated rings. The van der Waals surface area contributed by atoms with Crippen molar-refractivity contribution >= 4 is 21.6 Å². The number of amides is 1. The third kappa shape index (κ3) is 5.21. The molecule has 152 valence electrons. The molecule has 0 unspecified atom stereocenters. The number of sulfonamides is 1. The van der Waals surface area contributed by atoms with Crippen molar-refractivity contribution in [2.75, 3.05) is 32.6 Å². The molecule has 1 aromatic carbocycles. The normalized spacial score (nSPS) is 16.9. The molecule has 0 heterocycles. The van der Waals surface area contributed by atoms with Crippen LogP contribution in [0.4, 0.5) is 5.69 Å². The van der Waals surface area contributed by atoms with Gasteiger partial charge in [-0.2, -0.15) is 0 Å². The summed E-state index contributed by atoms with van der Waals surface area (Å²) < 4.78 is 31.5. The lowest BCUT2D eigenvalue weighted by Gasteiger charge is -2.35. The predicted molar refractivity (Wildman–Crippen MR) is 106 cm³/mol. The van der Waals surface area contributed by atoms with Crippen molar-refractivity contribution in [1.82, 2.24) is 4.31 Å². The van der Waals surface area contributed by atoms with E-state index < -0.39 is 10.0 Å². The van der Waals surface area contributed by atoms with Gasteiger partial charge in [0.25, 0.3) is 0 Å². The van der Waals surface area contributed by atoms with E-state index in [1.54, 1.807) is 6.07 Å². The summed E-state index contributed by atoms with van der Waals surface area (Å²) in [5, 5.41) is 2.85. The minimum absolute atomic E-state index is 0.109. The Morgan fingerprint density at radius 2 is 1.93 bits per heavy atom. The Morgan fingerprint density at radius 1 is 1.26 bits per heavy atom. The lowest BCUT2D eigenvalue weighted by molar-refractivity contribution is -0.118. The monoisotopic (exact) mass is 397 g/mol. The second kappa shape index (κ2) is 9.03. The van der Waals surface area contributed by atoms with Gasteiger partial charge in [-0.3, -0.25) is 4.79 Å². The fourth-order valence-corrected chi connectivity index (χ4v) is 4.48. The molecular weight excluding hydrogens is 366 g/mol. The molecule has 3 N–H and O–H groups in total. The van der Waals surface area contributed by atoms with Crippen LogP contribution in [0, 0.1) is 5.41 Å². The fourth-order valence-electron chi connectivity index (χ4n) is 3.55. The van der Waals surface area contributed by atoms with Gasteiger partial charge in [0.2, 0.25) is 15.9 Å². The predicted octanol–water partition coefficient (Wildman–Crippen LogP) is 2.57. The molecule has 0 aliphatic heterocycles. The molecule has 0 radical (unpaired) electrons.